The molecular weight excluding hydrogens is 525 g/mol. The summed E-state index contributed by atoms with van der Waals surface area (Å²) >= 11 is 4.33. The summed E-state index contributed by atoms with van der Waals surface area (Å²) in [7, 11) is 0. The van der Waals surface area contributed by atoms with Crippen molar-refractivity contribution in [2.24, 2.45) is 0 Å². The molecule has 0 bridgehead atoms. The molecule has 0 saturated heterocycles. The summed E-state index contributed by atoms with van der Waals surface area (Å²) in [6, 6.07) is 34.9. The third kappa shape index (κ3) is 4.52. The van der Waals surface area contributed by atoms with Crippen molar-refractivity contribution >= 4 is 48.4 Å². The van der Waals surface area contributed by atoms with Gasteiger partial charge in [0.25, 0.3) is 0 Å². The number of esters is 1. The second-order valence-corrected chi connectivity index (χ2v) is 17.1. The molecule has 0 fully saturated rings. The van der Waals surface area contributed by atoms with Crippen LogP contribution in [0.5, 0.6) is 0 Å². The molecule has 0 N–H and O–H groups in total. The molecular formula is C28H25BrNO4P. The number of carbonyl (C=O) groups excluding carboxylic acids is 1. The number of nitro benzene ring substituents is 1. The Hall–Kier alpha value is -3.34. The Labute approximate surface area is 212 Å². The molecule has 0 aliphatic heterocycles. The number of hydrogen-bond acceptors (Lipinski definition) is 4. The molecule has 35 heavy (non-hydrogen) atoms. The Morgan fingerprint density at radius 1 is 0.829 bits per heavy atom. The van der Waals surface area contributed by atoms with E-state index in [0.717, 1.165) is 15.9 Å². The van der Waals surface area contributed by atoms with Gasteiger partial charge in [-0.2, -0.15) is 0 Å². The SMILES string of the molecule is CCOC(=O)c1ccc(CP(Br)(c2ccccc2)(c2ccccc2)c2ccccc2)c([N+](=O)[O-])c1. The van der Waals surface area contributed by atoms with Crippen LogP contribution in [-0.4, -0.2) is 17.5 Å². The minimum absolute atomic E-state index is 0.105. The number of hydrogen-bond donors (Lipinski definition) is 0. The first-order valence-electron chi connectivity index (χ1n) is 11.2. The predicted octanol–water partition coefficient (Wildman–Crippen LogP) is 6.11. The second kappa shape index (κ2) is 10.1. The second-order valence-electron chi connectivity index (χ2n) is 8.17. The van der Waals surface area contributed by atoms with Gasteiger partial charge in [-0.25, -0.2) is 0 Å². The average Bonchev–Trinajstić information content (AvgIpc) is 2.90. The molecule has 0 aliphatic rings. The van der Waals surface area contributed by atoms with Crippen molar-refractivity contribution in [3.05, 3.63) is 130 Å². The van der Waals surface area contributed by atoms with Crippen LogP contribution in [0.25, 0.3) is 0 Å². The zero-order chi connectivity index (χ0) is 24.9. The fraction of sp³-hybridized carbons (Fsp3) is 0.107. The first-order chi connectivity index (χ1) is 16.9. The first-order valence-corrected chi connectivity index (χ1v) is 15.7. The summed E-state index contributed by atoms with van der Waals surface area (Å²) in [6.45, 7) is 1.90. The zero-order valence-electron chi connectivity index (χ0n) is 19.2. The number of nitro groups is 1. The molecule has 4 rings (SSSR count). The summed E-state index contributed by atoms with van der Waals surface area (Å²) in [5.41, 5.74) is 0.595. The maximum atomic E-state index is 12.3. The van der Waals surface area contributed by atoms with Gasteiger partial charge in [0.05, 0.1) is 0 Å². The van der Waals surface area contributed by atoms with Gasteiger partial charge in [0.2, 0.25) is 0 Å². The molecule has 7 heteroatoms. The number of halogens is 1. The Balaban J connectivity index is 2.03. The molecule has 0 spiro atoms. The van der Waals surface area contributed by atoms with Crippen LogP contribution in [0.1, 0.15) is 22.8 Å². The van der Waals surface area contributed by atoms with Gasteiger partial charge in [-0.1, -0.05) is 0 Å². The number of rotatable bonds is 8. The molecule has 0 aliphatic carbocycles. The molecule has 0 amide bonds. The van der Waals surface area contributed by atoms with Crippen molar-refractivity contribution in [1.82, 2.24) is 0 Å². The van der Waals surface area contributed by atoms with E-state index in [9.17, 15) is 14.9 Å². The fourth-order valence-corrected chi connectivity index (χ4v) is 12.1. The van der Waals surface area contributed by atoms with Crippen molar-refractivity contribution in [3.8, 4) is 0 Å². The summed E-state index contributed by atoms with van der Waals surface area (Å²) in [6.07, 6.45) is 0.350. The van der Waals surface area contributed by atoms with E-state index in [-0.39, 0.29) is 17.9 Å². The molecule has 0 saturated carbocycles. The molecule has 0 heterocycles. The van der Waals surface area contributed by atoms with Gasteiger partial charge < -0.3 is 0 Å². The van der Waals surface area contributed by atoms with Crippen LogP contribution in [0, 0.1) is 10.1 Å². The summed E-state index contributed by atoms with van der Waals surface area (Å²) in [5, 5.41) is 11.9. The Kier molecular flexibility index (Phi) is 7.15. The van der Waals surface area contributed by atoms with E-state index in [4.69, 9.17) is 4.74 Å². The monoisotopic (exact) mass is 549 g/mol. The molecule has 4 aromatic carbocycles. The van der Waals surface area contributed by atoms with Crippen LogP contribution < -0.4 is 15.9 Å². The normalized spacial score (nSPS) is 12.3. The molecule has 0 radical (unpaired) electrons. The van der Waals surface area contributed by atoms with E-state index in [1.165, 1.54) is 6.07 Å². The van der Waals surface area contributed by atoms with E-state index < -0.39 is 16.2 Å². The van der Waals surface area contributed by atoms with Crippen LogP contribution in [-0.2, 0) is 10.9 Å². The Morgan fingerprint density at radius 2 is 1.29 bits per heavy atom. The summed E-state index contributed by atoms with van der Waals surface area (Å²) in [4.78, 5) is 24.1. The number of ether oxygens (including phenoxy) is 1. The van der Waals surface area contributed by atoms with Crippen LogP contribution >= 0.6 is 20.8 Å². The van der Waals surface area contributed by atoms with Crippen molar-refractivity contribution in [3.63, 3.8) is 0 Å². The van der Waals surface area contributed by atoms with Gasteiger partial charge in [-0.3, -0.25) is 0 Å². The Morgan fingerprint density at radius 3 is 1.69 bits per heavy atom. The number of benzene rings is 4. The summed E-state index contributed by atoms with van der Waals surface area (Å²) < 4.78 is 5.07. The predicted molar refractivity (Wildman–Crippen MR) is 147 cm³/mol. The van der Waals surface area contributed by atoms with E-state index in [1.54, 1.807) is 19.1 Å². The van der Waals surface area contributed by atoms with Crippen molar-refractivity contribution < 1.29 is 14.5 Å². The average molecular weight is 550 g/mol. The molecule has 4 aromatic rings. The molecule has 5 nitrogen and oxygen atoms in total. The van der Waals surface area contributed by atoms with Gasteiger partial charge in [-0.15, -0.1) is 0 Å². The van der Waals surface area contributed by atoms with E-state index in [2.05, 4.69) is 51.9 Å². The van der Waals surface area contributed by atoms with Crippen molar-refractivity contribution in [1.29, 1.82) is 0 Å². The van der Waals surface area contributed by atoms with Crippen LogP contribution in [0.15, 0.2) is 109 Å². The van der Waals surface area contributed by atoms with Gasteiger partial charge in [0.1, 0.15) is 0 Å². The van der Waals surface area contributed by atoms with Gasteiger partial charge in [0.15, 0.2) is 0 Å². The van der Waals surface area contributed by atoms with Crippen molar-refractivity contribution in [2.75, 3.05) is 6.61 Å². The van der Waals surface area contributed by atoms with Gasteiger partial charge >= 0.3 is 213 Å². The first kappa shape index (κ1) is 24.8. The molecule has 0 atom stereocenters. The minimum atomic E-state index is -3.43. The number of carbonyl (C=O) groups is 1. The van der Waals surface area contributed by atoms with Crippen LogP contribution in [0.3, 0.4) is 0 Å². The Bertz CT molecular complexity index is 1250. The number of nitrogens with zero attached hydrogens (tertiary/aromatic N) is 1. The van der Waals surface area contributed by atoms with E-state index >= 15 is 0 Å². The van der Waals surface area contributed by atoms with Gasteiger partial charge in [-0.05, 0) is 0 Å². The zero-order valence-corrected chi connectivity index (χ0v) is 21.7. The molecule has 0 aromatic heterocycles. The third-order valence-corrected chi connectivity index (χ3v) is 15.6. The van der Waals surface area contributed by atoms with Crippen molar-refractivity contribution in [2.45, 2.75) is 13.1 Å². The maximum absolute atomic E-state index is 12.3. The van der Waals surface area contributed by atoms with E-state index in [0.29, 0.717) is 11.7 Å². The molecule has 178 valence electrons. The molecule has 0 unspecified atom stereocenters. The van der Waals surface area contributed by atoms with E-state index in [1.807, 2.05) is 54.6 Å². The fourth-order valence-electron chi connectivity index (χ4n) is 4.47. The quantitative estimate of drug-likeness (QED) is 0.115. The topological polar surface area (TPSA) is 69.4 Å². The van der Waals surface area contributed by atoms with Crippen LogP contribution in [0.4, 0.5) is 5.69 Å². The third-order valence-electron chi connectivity index (χ3n) is 6.14. The summed E-state index contributed by atoms with van der Waals surface area (Å²) in [5.74, 6) is -0.576. The van der Waals surface area contributed by atoms with Gasteiger partial charge in [0, 0.05) is 0 Å². The standard InChI is InChI=1S/C28H25BrNO4P/c1-2-34-28(31)22-18-19-23(27(20-22)30(32)33)21-35(29,24-12-6-3-7-13-24,25-14-8-4-9-15-25)26-16-10-5-11-17-26/h3-20H,2,21H2,1H3. The van der Waals surface area contributed by atoms with Crippen LogP contribution in [0.2, 0.25) is 0 Å².